The van der Waals surface area contributed by atoms with E-state index in [1.807, 2.05) is 6.07 Å². The SMILES string of the molecule is CC1CCN(c2cc(C#N)c([N+](=O)[O-])c(N3CCC(C)C3C)c2)C1C. The summed E-state index contributed by atoms with van der Waals surface area (Å²) in [7, 11) is 0. The third kappa shape index (κ3) is 2.92. The first-order valence-electron chi connectivity index (χ1n) is 9.11. The fourth-order valence-electron chi connectivity index (χ4n) is 4.16. The molecule has 2 fully saturated rings. The minimum Gasteiger partial charge on any atom is -0.368 e. The van der Waals surface area contributed by atoms with Crippen LogP contribution in [0.1, 0.15) is 46.1 Å². The minimum absolute atomic E-state index is 0.0490. The Hall–Kier alpha value is -2.29. The summed E-state index contributed by atoms with van der Waals surface area (Å²) in [6.07, 6.45) is 2.12. The number of benzene rings is 1. The predicted octanol–water partition coefficient (Wildman–Crippen LogP) is 3.94. The fraction of sp³-hybridized carbons (Fsp3) is 0.632. The number of nitrogens with zero attached hydrogens (tertiary/aromatic N) is 4. The zero-order chi connectivity index (χ0) is 18.3. The molecule has 2 heterocycles. The molecule has 0 saturated carbocycles. The molecule has 3 rings (SSSR count). The van der Waals surface area contributed by atoms with Gasteiger partial charge >= 0.3 is 5.69 Å². The van der Waals surface area contributed by atoms with E-state index in [1.54, 1.807) is 6.07 Å². The van der Waals surface area contributed by atoms with Crippen LogP contribution in [0.3, 0.4) is 0 Å². The zero-order valence-corrected chi connectivity index (χ0v) is 15.4. The Morgan fingerprint density at radius 3 is 2.08 bits per heavy atom. The Morgan fingerprint density at radius 1 is 1.08 bits per heavy atom. The van der Waals surface area contributed by atoms with Gasteiger partial charge in [-0.1, -0.05) is 13.8 Å². The van der Waals surface area contributed by atoms with E-state index in [0.29, 0.717) is 23.6 Å². The molecule has 6 nitrogen and oxygen atoms in total. The standard InChI is InChI=1S/C19H26N4O2/c1-12-5-7-21(14(12)3)17-9-16(11-20)19(23(24)25)18(10-17)22-8-6-13(2)15(22)4/h9-10,12-15H,5-8H2,1-4H3. The number of nitriles is 1. The topological polar surface area (TPSA) is 73.4 Å². The quantitative estimate of drug-likeness (QED) is 0.614. The monoisotopic (exact) mass is 342 g/mol. The second-order valence-electron chi connectivity index (χ2n) is 7.63. The molecule has 2 aliphatic rings. The normalized spacial score (nSPS) is 29.1. The molecule has 4 atom stereocenters. The summed E-state index contributed by atoms with van der Waals surface area (Å²) in [5.41, 5.74) is 1.64. The van der Waals surface area contributed by atoms with Gasteiger partial charge in [0.05, 0.1) is 4.92 Å². The number of rotatable bonds is 3. The summed E-state index contributed by atoms with van der Waals surface area (Å²) in [5, 5.41) is 21.3. The van der Waals surface area contributed by atoms with E-state index in [2.05, 4.69) is 43.6 Å². The van der Waals surface area contributed by atoms with Crippen molar-refractivity contribution in [2.45, 2.75) is 52.6 Å². The van der Waals surface area contributed by atoms with Crippen molar-refractivity contribution in [1.82, 2.24) is 0 Å². The molecule has 0 spiro atoms. The average molecular weight is 342 g/mol. The van der Waals surface area contributed by atoms with E-state index in [0.717, 1.165) is 31.6 Å². The lowest BCUT2D eigenvalue weighted by molar-refractivity contribution is -0.384. The summed E-state index contributed by atoms with van der Waals surface area (Å²) < 4.78 is 0. The van der Waals surface area contributed by atoms with Gasteiger partial charge in [0.25, 0.3) is 0 Å². The molecular formula is C19H26N4O2. The van der Waals surface area contributed by atoms with E-state index in [4.69, 9.17) is 0 Å². The Kier molecular flexibility index (Phi) is 4.59. The van der Waals surface area contributed by atoms with Crippen LogP contribution in [0, 0.1) is 33.3 Å². The van der Waals surface area contributed by atoms with Gasteiger partial charge in [0.1, 0.15) is 17.3 Å². The maximum atomic E-state index is 11.7. The first-order valence-corrected chi connectivity index (χ1v) is 9.11. The molecule has 0 aromatic heterocycles. The molecular weight excluding hydrogens is 316 g/mol. The highest BCUT2D eigenvalue weighted by Crippen LogP contribution is 2.42. The van der Waals surface area contributed by atoms with Crippen molar-refractivity contribution in [1.29, 1.82) is 5.26 Å². The molecule has 0 aliphatic carbocycles. The van der Waals surface area contributed by atoms with Crippen molar-refractivity contribution >= 4 is 17.1 Å². The molecule has 0 N–H and O–H groups in total. The van der Waals surface area contributed by atoms with E-state index in [1.165, 1.54) is 0 Å². The third-order valence-electron chi connectivity index (χ3n) is 6.30. The highest BCUT2D eigenvalue weighted by Gasteiger charge is 2.35. The lowest BCUT2D eigenvalue weighted by Gasteiger charge is -2.30. The number of hydrogen-bond acceptors (Lipinski definition) is 5. The lowest BCUT2D eigenvalue weighted by atomic mass is 10.0. The van der Waals surface area contributed by atoms with Gasteiger partial charge in [-0.15, -0.1) is 0 Å². The number of anilines is 2. The summed E-state index contributed by atoms with van der Waals surface area (Å²) >= 11 is 0. The molecule has 6 heteroatoms. The molecule has 1 aromatic carbocycles. The van der Waals surface area contributed by atoms with E-state index in [9.17, 15) is 15.4 Å². The molecule has 0 bridgehead atoms. The van der Waals surface area contributed by atoms with Crippen LogP contribution < -0.4 is 9.80 Å². The van der Waals surface area contributed by atoms with Gasteiger partial charge in [0.15, 0.2) is 0 Å². The maximum Gasteiger partial charge on any atom is 0.310 e. The second kappa shape index (κ2) is 6.55. The van der Waals surface area contributed by atoms with Crippen molar-refractivity contribution < 1.29 is 4.92 Å². The van der Waals surface area contributed by atoms with Gasteiger partial charge in [-0.05, 0) is 50.7 Å². The van der Waals surface area contributed by atoms with Crippen molar-refractivity contribution in [3.63, 3.8) is 0 Å². The Labute approximate surface area is 149 Å². The highest BCUT2D eigenvalue weighted by molar-refractivity contribution is 5.77. The van der Waals surface area contributed by atoms with Crippen LogP contribution in [-0.2, 0) is 0 Å². The highest BCUT2D eigenvalue weighted by atomic mass is 16.6. The van der Waals surface area contributed by atoms with E-state index < -0.39 is 4.92 Å². The lowest BCUT2D eigenvalue weighted by Crippen LogP contribution is -2.32. The molecule has 0 radical (unpaired) electrons. The third-order valence-corrected chi connectivity index (χ3v) is 6.30. The van der Waals surface area contributed by atoms with Gasteiger partial charge < -0.3 is 9.80 Å². The summed E-state index contributed by atoms with van der Waals surface area (Å²) in [5.74, 6) is 1.06. The molecule has 0 amide bonds. The number of nitro benzene ring substituents is 1. The molecule has 2 saturated heterocycles. The largest absolute Gasteiger partial charge is 0.368 e. The maximum absolute atomic E-state index is 11.7. The van der Waals surface area contributed by atoms with E-state index in [-0.39, 0.29) is 17.3 Å². The Morgan fingerprint density at radius 2 is 1.64 bits per heavy atom. The average Bonchev–Trinajstić information content (AvgIpc) is 3.09. The number of hydrogen-bond donors (Lipinski definition) is 0. The van der Waals surface area contributed by atoms with Crippen molar-refractivity contribution in [3.05, 3.63) is 27.8 Å². The van der Waals surface area contributed by atoms with Crippen LogP contribution in [0.25, 0.3) is 0 Å². The minimum atomic E-state index is -0.399. The second-order valence-corrected chi connectivity index (χ2v) is 7.63. The van der Waals surface area contributed by atoms with Crippen LogP contribution in [0.5, 0.6) is 0 Å². The van der Waals surface area contributed by atoms with Gasteiger partial charge in [0, 0.05) is 30.9 Å². The molecule has 2 aliphatic heterocycles. The van der Waals surface area contributed by atoms with Gasteiger partial charge in [-0.3, -0.25) is 10.1 Å². The van der Waals surface area contributed by atoms with Crippen LogP contribution in [0.2, 0.25) is 0 Å². The first kappa shape index (κ1) is 17.5. The van der Waals surface area contributed by atoms with Gasteiger partial charge in [0.2, 0.25) is 0 Å². The molecule has 134 valence electrons. The van der Waals surface area contributed by atoms with Crippen molar-refractivity contribution in [2.75, 3.05) is 22.9 Å². The first-order chi connectivity index (χ1) is 11.8. The summed E-state index contributed by atoms with van der Waals surface area (Å²) in [6.45, 7) is 10.4. The van der Waals surface area contributed by atoms with Crippen molar-refractivity contribution in [3.8, 4) is 6.07 Å². The van der Waals surface area contributed by atoms with E-state index >= 15 is 0 Å². The van der Waals surface area contributed by atoms with Crippen LogP contribution in [0.15, 0.2) is 12.1 Å². The van der Waals surface area contributed by atoms with Gasteiger partial charge in [-0.2, -0.15) is 5.26 Å². The summed E-state index contributed by atoms with van der Waals surface area (Å²) in [6, 6.07) is 6.29. The fourth-order valence-corrected chi connectivity index (χ4v) is 4.16. The molecule has 4 unspecified atom stereocenters. The predicted molar refractivity (Wildman–Crippen MR) is 99.0 cm³/mol. The van der Waals surface area contributed by atoms with Crippen LogP contribution in [0.4, 0.5) is 17.1 Å². The zero-order valence-electron chi connectivity index (χ0n) is 15.4. The smallest absolute Gasteiger partial charge is 0.310 e. The van der Waals surface area contributed by atoms with Crippen LogP contribution >= 0.6 is 0 Å². The molecule has 25 heavy (non-hydrogen) atoms. The number of nitro groups is 1. The van der Waals surface area contributed by atoms with Crippen molar-refractivity contribution in [2.24, 2.45) is 11.8 Å². The van der Waals surface area contributed by atoms with Gasteiger partial charge in [-0.25, -0.2) is 0 Å². The Bertz CT molecular complexity index is 727. The molecule has 1 aromatic rings. The Balaban J connectivity index is 2.13. The summed E-state index contributed by atoms with van der Waals surface area (Å²) in [4.78, 5) is 15.7. The van der Waals surface area contributed by atoms with Crippen LogP contribution in [-0.4, -0.2) is 30.1 Å².